The molecule has 0 aliphatic heterocycles. The number of aliphatic carboxylic acids is 1. The van der Waals surface area contributed by atoms with E-state index in [4.69, 9.17) is 17.2 Å². The van der Waals surface area contributed by atoms with E-state index < -0.39 is 84.5 Å². The van der Waals surface area contributed by atoms with Gasteiger partial charge in [-0.2, -0.15) is 0 Å². The molecule has 0 saturated heterocycles. The fourth-order valence-corrected chi connectivity index (χ4v) is 5.10. The van der Waals surface area contributed by atoms with Crippen LogP contribution in [0.5, 0.6) is 0 Å². The minimum atomic E-state index is -1.58. The second-order valence-electron chi connectivity index (χ2n) is 12.9. The third-order valence-corrected chi connectivity index (χ3v) is 8.02. The number of para-hydroxylation sites is 1. The highest BCUT2D eigenvalue weighted by molar-refractivity contribution is 5.96. The van der Waals surface area contributed by atoms with Gasteiger partial charge < -0.3 is 64.1 Å². The van der Waals surface area contributed by atoms with Crippen molar-refractivity contribution in [2.24, 2.45) is 28.1 Å². The molecule has 0 saturated carbocycles. The Hall–Kier alpha value is -5.27. The zero-order valence-electron chi connectivity index (χ0n) is 29.7. The molecule has 7 atom stereocenters. The summed E-state index contributed by atoms with van der Waals surface area (Å²) >= 11 is 0. The monoisotopic (exact) mass is 732 g/mol. The molecule has 1 aromatic heterocycles. The topological polar surface area (TPSA) is 329 Å². The Morgan fingerprint density at radius 2 is 1.38 bits per heavy atom. The van der Waals surface area contributed by atoms with Gasteiger partial charge in [-0.1, -0.05) is 32.0 Å². The first-order chi connectivity index (χ1) is 24.4. The van der Waals surface area contributed by atoms with Crippen LogP contribution in [0.4, 0.5) is 0 Å². The van der Waals surface area contributed by atoms with E-state index in [9.17, 15) is 44.1 Å². The van der Waals surface area contributed by atoms with E-state index >= 15 is 0 Å². The SMILES string of the molecule is CC(C)CC(NC(=O)C(Cc1c[nH]c2ccccc12)NC(=O)C(C)NC(=O)C(CO)NC(=O)C(CCCN=C(N)N)NC(=O)C(N)C(C)O)C(=O)O. The zero-order chi connectivity index (χ0) is 39.1. The minimum absolute atomic E-state index is 0.0146. The molecule has 1 aromatic carbocycles. The van der Waals surface area contributed by atoms with Gasteiger partial charge in [-0.3, -0.25) is 29.0 Å². The smallest absolute Gasteiger partial charge is 0.326 e. The Morgan fingerprint density at radius 3 is 1.98 bits per heavy atom. The quantitative estimate of drug-likeness (QED) is 0.0348. The lowest BCUT2D eigenvalue weighted by Gasteiger charge is -2.26. The number of benzene rings is 1. The van der Waals surface area contributed by atoms with Gasteiger partial charge in [-0.15, -0.1) is 0 Å². The number of aliphatic hydroxyl groups is 2. The Labute approximate surface area is 300 Å². The lowest BCUT2D eigenvalue weighted by atomic mass is 10.0. The van der Waals surface area contributed by atoms with E-state index in [2.05, 4.69) is 36.6 Å². The number of aromatic nitrogens is 1. The number of nitrogens with zero attached hydrogens (tertiary/aromatic N) is 1. The molecule has 2 aromatic rings. The first-order valence-electron chi connectivity index (χ1n) is 16.8. The molecule has 52 heavy (non-hydrogen) atoms. The third kappa shape index (κ3) is 13.5. The first-order valence-corrected chi connectivity index (χ1v) is 16.8. The number of nitrogens with two attached hydrogens (primary N) is 3. The van der Waals surface area contributed by atoms with Crippen LogP contribution >= 0.6 is 0 Å². The highest BCUT2D eigenvalue weighted by Crippen LogP contribution is 2.19. The highest BCUT2D eigenvalue weighted by Gasteiger charge is 2.32. The van der Waals surface area contributed by atoms with Gasteiger partial charge in [0.05, 0.1) is 12.7 Å². The number of aliphatic hydroxyl groups excluding tert-OH is 2. The van der Waals surface area contributed by atoms with Gasteiger partial charge in [0.1, 0.15) is 36.3 Å². The van der Waals surface area contributed by atoms with Gasteiger partial charge >= 0.3 is 5.97 Å². The Balaban J connectivity index is 2.20. The predicted octanol–water partition coefficient (Wildman–Crippen LogP) is -2.96. The van der Waals surface area contributed by atoms with Crippen molar-refractivity contribution in [1.29, 1.82) is 0 Å². The number of fused-ring (bicyclic) bond motifs is 1. The Morgan fingerprint density at radius 1 is 0.808 bits per heavy atom. The molecule has 0 aliphatic carbocycles. The molecule has 1 heterocycles. The normalized spacial score (nSPS) is 15.2. The molecule has 2 rings (SSSR count). The number of guanidine groups is 1. The largest absolute Gasteiger partial charge is 0.480 e. The Kier molecular flexibility index (Phi) is 16.9. The molecule has 19 heteroatoms. The van der Waals surface area contributed by atoms with Crippen molar-refractivity contribution >= 4 is 52.4 Å². The molecule has 0 aliphatic rings. The zero-order valence-corrected chi connectivity index (χ0v) is 29.7. The average Bonchev–Trinajstić information content (AvgIpc) is 3.49. The van der Waals surface area contributed by atoms with E-state index in [1.165, 1.54) is 13.8 Å². The molecule has 15 N–H and O–H groups in total. The number of amides is 5. The highest BCUT2D eigenvalue weighted by atomic mass is 16.4. The summed E-state index contributed by atoms with van der Waals surface area (Å²) in [7, 11) is 0. The van der Waals surface area contributed by atoms with Crippen molar-refractivity contribution in [3.63, 3.8) is 0 Å². The van der Waals surface area contributed by atoms with Crippen molar-refractivity contribution in [3.05, 3.63) is 36.0 Å². The molecule has 0 radical (unpaired) electrons. The van der Waals surface area contributed by atoms with Gasteiger partial charge in [0.15, 0.2) is 5.96 Å². The Bertz CT molecular complexity index is 1570. The average molecular weight is 733 g/mol. The lowest BCUT2D eigenvalue weighted by Crippen LogP contribution is -2.60. The van der Waals surface area contributed by atoms with E-state index in [0.29, 0.717) is 5.56 Å². The van der Waals surface area contributed by atoms with Crippen LogP contribution in [0.25, 0.3) is 10.9 Å². The van der Waals surface area contributed by atoms with Crippen LogP contribution < -0.4 is 43.8 Å². The van der Waals surface area contributed by atoms with E-state index in [-0.39, 0.29) is 44.1 Å². The number of carboxylic acid groups (broad SMARTS) is 1. The number of carbonyl (C=O) groups is 6. The van der Waals surface area contributed by atoms with E-state index in [1.807, 2.05) is 18.2 Å². The molecule has 0 fully saturated rings. The summed E-state index contributed by atoms with van der Waals surface area (Å²) in [6, 6.07) is -0.722. The molecular formula is C33H52N10O9. The van der Waals surface area contributed by atoms with Crippen LogP contribution in [0.2, 0.25) is 0 Å². The summed E-state index contributed by atoms with van der Waals surface area (Å²) < 4.78 is 0. The maximum Gasteiger partial charge on any atom is 0.326 e. The van der Waals surface area contributed by atoms with Crippen molar-refractivity contribution in [2.45, 2.75) is 95.7 Å². The van der Waals surface area contributed by atoms with Crippen LogP contribution in [0.3, 0.4) is 0 Å². The van der Waals surface area contributed by atoms with Crippen molar-refractivity contribution in [1.82, 2.24) is 31.6 Å². The number of hydrogen-bond acceptors (Lipinski definition) is 10. The number of carbonyl (C=O) groups excluding carboxylic acids is 5. The first kappa shape index (κ1) is 42.9. The van der Waals surface area contributed by atoms with E-state index in [1.54, 1.807) is 26.1 Å². The minimum Gasteiger partial charge on any atom is -0.480 e. The summed E-state index contributed by atoms with van der Waals surface area (Å²) in [5.74, 6) is -5.75. The third-order valence-electron chi connectivity index (χ3n) is 8.02. The number of carboxylic acids is 1. The molecule has 5 amide bonds. The summed E-state index contributed by atoms with van der Waals surface area (Å²) in [6.07, 6.45) is 0.754. The summed E-state index contributed by atoms with van der Waals surface area (Å²) in [4.78, 5) is 84.5. The van der Waals surface area contributed by atoms with Crippen LogP contribution in [0, 0.1) is 5.92 Å². The van der Waals surface area contributed by atoms with Crippen molar-refractivity contribution in [3.8, 4) is 0 Å². The lowest BCUT2D eigenvalue weighted by molar-refractivity contribution is -0.142. The fraction of sp³-hybridized carbons (Fsp3) is 0.545. The number of nitrogens with one attached hydrogen (secondary N) is 6. The molecule has 7 unspecified atom stereocenters. The van der Waals surface area contributed by atoms with Gasteiger partial charge in [0, 0.05) is 30.1 Å². The number of aliphatic imine (C=N–C) groups is 1. The van der Waals surface area contributed by atoms with Crippen molar-refractivity contribution in [2.75, 3.05) is 13.2 Å². The fourth-order valence-electron chi connectivity index (χ4n) is 5.10. The second kappa shape index (κ2) is 20.5. The predicted molar refractivity (Wildman–Crippen MR) is 191 cm³/mol. The van der Waals surface area contributed by atoms with Crippen LogP contribution in [0.1, 0.15) is 52.5 Å². The second-order valence-corrected chi connectivity index (χ2v) is 12.9. The van der Waals surface area contributed by atoms with Crippen LogP contribution in [0.15, 0.2) is 35.5 Å². The maximum atomic E-state index is 13.5. The van der Waals surface area contributed by atoms with E-state index in [0.717, 1.165) is 10.9 Å². The van der Waals surface area contributed by atoms with Gasteiger partial charge in [0.25, 0.3) is 0 Å². The van der Waals surface area contributed by atoms with Gasteiger partial charge in [0.2, 0.25) is 29.5 Å². The van der Waals surface area contributed by atoms with Crippen LogP contribution in [-0.4, -0.2) is 117 Å². The van der Waals surface area contributed by atoms with Gasteiger partial charge in [-0.05, 0) is 50.7 Å². The molecule has 0 bridgehead atoms. The summed E-state index contributed by atoms with van der Waals surface area (Å²) in [5.41, 5.74) is 17.8. The number of H-pyrrole nitrogens is 1. The maximum absolute atomic E-state index is 13.5. The van der Waals surface area contributed by atoms with Crippen LogP contribution in [-0.2, 0) is 35.2 Å². The number of aromatic amines is 1. The molecule has 19 nitrogen and oxygen atoms in total. The summed E-state index contributed by atoms with van der Waals surface area (Å²) in [6.45, 7) is 5.42. The molecule has 288 valence electrons. The molecular weight excluding hydrogens is 680 g/mol. The standard InChI is InChI=1S/C33H52N10O9/c1-16(2)12-24(32(51)52)42-29(48)23(13-19-14-38-21-9-6-5-8-20(19)21)41-27(46)17(3)39-30(49)25(15-44)43-28(47)22(10-7-11-37-33(35)36)40-31(50)26(34)18(4)45/h5-6,8-9,14,16-18,22-26,38,44-45H,7,10-13,15,34H2,1-4H3,(H,39,49)(H,40,50)(H,41,46)(H,42,48)(H,43,47)(H,51,52)(H4,35,36,37). The number of hydrogen-bond donors (Lipinski definition) is 12. The molecule has 0 spiro atoms. The van der Waals surface area contributed by atoms with Gasteiger partial charge in [-0.25, -0.2) is 4.79 Å². The number of rotatable bonds is 21. The summed E-state index contributed by atoms with van der Waals surface area (Å²) in [5, 5.41) is 42.3. The van der Waals surface area contributed by atoms with Crippen molar-refractivity contribution < 1.29 is 44.1 Å².